The molecule has 0 spiro atoms. The molecule has 0 heterocycles. The van der Waals surface area contributed by atoms with Gasteiger partial charge in [-0.15, -0.1) is 0 Å². The molecule has 18 heteroatoms. The molecule has 0 aliphatic rings. The molecule has 51 heavy (non-hydrogen) atoms. The van der Waals surface area contributed by atoms with Crippen LogP contribution in [0.2, 0.25) is 0 Å². The van der Waals surface area contributed by atoms with Crippen LogP contribution in [-0.2, 0) is 40.0 Å². The van der Waals surface area contributed by atoms with Crippen molar-refractivity contribution in [1.82, 2.24) is 26.6 Å². The Labute approximate surface area is 297 Å². The summed E-state index contributed by atoms with van der Waals surface area (Å²) in [6, 6.07) is 2.99. The number of nitrogens with two attached hydrogens (primary N) is 4. The average Bonchev–Trinajstić information content (AvgIpc) is 3.05. The van der Waals surface area contributed by atoms with Crippen molar-refractivity contribution < 1.29 is 38.7 Å². The number of guanidine groups is 1. The van der Waals surface area contributed by atoms with Gasteiger partial charge in [-0.2, -0.15) is 0 Å². The number of benzene rings is 1. The Balaban J connectivity index is 3.14. The summed E-state index contributed by atoms with van der Waals surface area (Å²) >= 11 is 0. The lowest BCUT2D eigenvalue weighted by Gasteiger charge is -2.28. The predicted octanol–water partition coefficient (Wildman–Crippen LogP) is -2.14. The minimum absolute atomic E-state index is 0.0749. The number of aliphatic carboxylic acids is 1. The Bertz CT molecular complexity index is 1350. The van der Waals surface area contributed by atoms with Crippen molar-refractivity contribution in [2.24, 2.45) is 33.8 Å². The Hall–Kier alpha value is -5.26. The van der Waals surface area contributed by atoms with Crippen LogP contribution < -0.4 is 49.5 Å². The molecule has 0 saturated heterocycles. The second kappa shape index (κ2) is 23.2. The highest BCUT2D eigenvalue weighted by atomic mass is 16.4. The van der Waals surface area contributed by atoms with Crippen molar-refractivity contribution in [3.05, 3.63) is 35.9 Å². The maximum absolute atomic E-state index is 13.5. The molecule has 0 radical (unpaired) electrons. The third-order valence-corrected chi connectivity index (χ3v) is 7.70. The topological polar surface area (TPSA) is 316 Å². The monoisotopic (exact) mass is 718 g/mol. The molecule has 0 fully saturated rings. The first kappa shape index (κ1) is 43.8. The fourth-order valence-corrected chi connectivity index (χ4v) is 5.00. The number of rotatable bonds is 24. The van der Waals surface area contributed by atoms with Gasteiger partial charge in [0.1, 0.15) is 30.2 Å². The van der Waals surface area contributed by atoms with E-state index < -0.39 is 84.0 Å². The van der Waals surface area contributed by atoms with Crippen LogP contribution in [0.5, 0.6) is 0 Å². The molecule has 284 valence electrons. The normalized spacial score (nSPS) is 13.7. The van der Waals surface area contributed by atoms with E-state index in [0.717, 1.165) is 5.56 Å². The number of amides is 6. The van der Waals surface area contributed by atoms with Crippen molar-refractivity contribution >= 4 is 47.4 Å². The van der Waals surface area contributed by atoms with Gasteiger partial charge in [-0.1, -0.05) is 44.2 Å². The van der Waals surface area contributed by atoms with Crippen molar-refractivity contribution in [1.29, 1.82) is 0 Å². The number of unbranched alkanes of at least 4 members (excludes halogenated alkanes) is 1. The largest absolute Gasteiger partial charge is 0.481 e. The minimum Gasteiger partial charge on any atom is -0.481 e. The molecule has 1 aromatic rings. The molecule has 1 rings (SSSR count). The van der Waals surface area contributed by atoms with Crippen LogP contribution in [-0.4, -0.2) is 95.8 Å². The Kier molecular flexibility index (Phi) is 19.9. The summed E-state index contributed by atoms with van der Waals surface area (Å²) in [6.45, 7) is 4.96. The van der Waals surface area contributed by atoms with Gasteiger partial charge in [0.15, 0.2) is 5.96 Å². The molecule has 0 bridgehead atoms. The van der Waals surface area contributed by atoms with Gasteiger partial charge in [0.2, 0.25) is 35.4 Å². The number of carbonyl (C=O) groups excluding carboxylic acids is 6. The first-order chi connectivity index (χ1) is 24.0. The standard InChI is InChI=1S/C33H54N10O8/c1-19(2)27(32(51)40-22(28(35)47)15-14-21-10-5-4-6-11-21)43-31(50)25(18-26(45)46)42-30(49)24(12-7-8-16-34)41-29(48)23(39-20(3)44)13-9-17-38-33(36)37/h4-6,10-11,19,22-25,27H,7-9,12-18,34H2,1-3H3,(H2,35,47)(H,39,44)(H,40,51)(H,41,48)(H,42,49)(H,43,50)(H,45,46)(H4,36,37,38)/t22-,23-,24-,25-,27-/m0/s1. The van der Waals surface area contributed by atoms with Crippen LogP contribution in [0.4, 0.5) is 0 Å². The molecule has 1 aromatic carbocycles. The predicted molar refractivity (Wildman–Crippen MR) is 189 cm³/mol. The number of primary amides is 1. The number of aryl methyl sites for hydroxylation is 1. The fraction of sp³-hybridized carbons (Fsp3) is 0.576. The van der Waals surface area contributed by atoms with Gasteiger partial charge in [-0.3, -0.25) is 38.6 Å². The van der Waals surface area contributed by atoms with Crippen molar-refractivity contribution in [2.45, 2.75) is 102 Å². The Morgan fingerprint density at radius 3 is 1.78 bits per heavy atom. The SMILES string of the molecule is CC(=O)N[C@@H](CCCN=C(N)N)C(=O)N[C@@H](CCCCN)C(=O)N[C@@H](CC(=O)O)C(=O)N[C@H](C(=O)N[C@@H](CCc1ccccc1)C(N)=O)C(C)C. The van der Waals surface area contributed by atoms with Crippen molar-refractivity contribution in [2.75, 3.05) is 13.1 Å². The van der Waals surface area contributed by atoms with Crippen LogP contribution in [0.3, 0.4) is 0 Å². The van der Waals surface area contributed by atoms with Gasteiger partial charge in [0.05, 0.1) is 6.42 Å². The van der Waals surface area contributed by atoms with E-state index in [1.54, 1.807) is 13.8 Å². The maximum Gasteiger partial charge on any atom is 0.305 e. The number of aliphatic imine (C=N–C) groups is 1. The quantitative estimate of drug-likeness (QED) is 0.0312. The maximum atomic E-state index is 13.5. The van der Waals surface area contributed by atoms with Crippen LogP contribution in [0, 0.1) is 5.92 Å². The molecule has 0 saturated carbocycles. The summed E-state index contributed by atoms with van der Waals surface area (Å²) in [5, 5.41) is 22.1. The molecule has 6 amide bonds. The van der Waals surface area contributed by atoms with E-state index in [0.29, 0.717) is 32.2 Å². The highest BCUT2D eigenvalue weighted by Crippen LogP contribution is 2.10. The van der Waals surface area contributed by atoms with Gasteiger partial charge in [-0.25, -0.2) is 0 Å². The second-order valence-electron chi connectivity index (χ2n) is 12.4. The van der Waals surface area contributed by atoms with Crippen LogP contribution >= 0.6 is 0 Å². The van der Waals surface area contributed by atoms with E-state index in [4.69, 9.17) is 22.9 Å². The molecular weight excluding hydrogens is 664 g/mol. The Morgan fingerprint density at radius 2 is 1.25 bits per heavy atom. The average molecular weight is 719 g/mol. The van der Waals surface area contributed by atoms with E-state index >= 15 is 0 Å². The lowest BCUT2D eigenvalue weighted by molar-refractivity contribution is -0.141. The zero-order valence-electron chi connectivity index (χ0n) is 29.5. The van der Waals surface area contributed by atoms with Gasteiger partial charge in [0, 0.05) is 13.5 Å². The first-order valence-corrected chi connectivity index (χ1v) is 16.8. The molecule has 0 unspecified atom stereocenters. The molecule has 14 N–H and O–H groups in total. The summed E-state index contributed by atoms with van der Waals surface area (Å²) in [7, 11) is 0. The highest BCUT2D eigenvalue weighted by molar-refractivity contribution is 5.97. The van der Waals surface area contributed by atoms with Crippen molar-refractivity contribution in [3.63, 3.8) is 0 Å². The Morgan fingerprint density at radius 1 is 0.706 bits per heavy atom. The van der Waals surface area contributed by atoms with Gasteiger partial charge < -0.3 is 54.6 Å². The number of nitrogens with one attached hydrogen (secondary N) is 5. The lowest BCUT2D eigenvalue weighted by atomic mass is 10.00. The number of carboxylic acids is 1. The summed E-state index contributed by atoms with van der Waals surface area (Å²) < 4.78 is 0. The van der Waals surface area contributed by atoms with E-state index in [1.807, 2.05) is 30.3 Å². The van der Waals surface area contributed by atoms with E-state index in [9.17, 15) is 38.7 Å². The first-order valence-electron chi connectivity index (χ1n) is 16.8. The fourth-order valence-electron chi connectivity index (χ4n) is 5.00. The van der Waals surface area contributed by atoms with Gasteiger partial charge in [-0.05, 0) is 63.0 Å². The summed E-state index contributed by atoms with van der Waals surface area (Å²) in [4.78, 5) is 93.1. The third-order valence-electron chi connectivity index (χ3n) is 7.70. The molecule has 0 aliphatic heterocycles. The smallest absolute Gasteiger partial charge is 0.305 e. The number of hydrogen-bond donors (Lipinski definition) is 10. The lowest BCUT2D eigenvalue weighted by Crippen LogP contribution is -2.60. The van der Waals surface area contributed by atoms with Crippen molar-refractivity contribution in [3.8, 4) is 0 Å². The summed E-state index contributed by atoms with van der Waals surface area (Å²) in [5.41, 5.74) is 22.7. The molecule has 18 nitrogen and oxygen atoms in total. The van der Waals surface area contributed by atoms with Crippen LogP contribution in [0.25, 0.3) is 0 Å². The number of hydrogen-bond acceptors (Lipinski definition) is 9. The number of carbonyl (C=O) groups is 7. The number of nitrogens with zero attached hydrogens (tertiary/aromatic N) is 1. The summed E-state index contributed by atoms with van der Waals surface area (Å²) in [5.74, 6) is -6.65. The molecular formula is C33H54N10O8. The van der Waals surface area contributed by atoms with Gasteiger partial charge in [0.25, 0.3) is 0 Å². The highest BCUT2D eigenvalue weighted by Gasteiger charge is 2.34. The molecule has 0 aromatic heterocycles. The van der Waals surface area contributed by atoms with E-state index in [1.165, 1.54) is 6.92 Å². The minimum atomic E-state index is -1.66. The molecule has 0 aliphatic carbocycles. The molecule has 5 atom stereocenters. The van der Waals surface area contributed by atoms with Crippen LogP contribution in [0.15, 0.2) is 35.3 Å². The third kappa shape index (κ3) is 17.8. The van der Waals surface area contributed by atoms with Gasteiger partial charge >= 0.3 is 5.97 Å². The second-order valence-corrected chi connectivity index (χ2v) is 12.4. The van der Waals surface area contributed by atoms with E-state index in [2.05, 4.69) is 31.6 Å². The summed E-state index contributed by atoms with van der Waals surface area (Å²) in [6.07, 6.45) is 1.18. The van der Waals surface area contributed by atoms with E-state index in [-0.39, 0.29) is 31.8 Å². The number of carboxylic acid groups (broad SMARTS) is 1. The zero-order chi connectivity index (χ0) is 38.5. The zero-order valence-corrected chi connectivity index (χ0v) is 29.5. The van der Waals surface area contributed by atoms with Crippen LogP contribution in [0.1, 0.15) is 71.3 Å².